The SMILES string of the molecule is COc1ccc(CNC(=O)C2CC3CC3C2)c(OC)c1. The zero-order chi connectivity index (χ0) is 14.1. The summed E-state index contributed by atoms with van der Waals surface area (Å²) in [5.74, 6) is 3.59. The number of methoxy groups -OCH3 is 2. The van der Waals surface area contributed by atoms with E-state index in [1.165, 1.54) is 6.42 Å². The van der Waals surface area contributed by atoms with Crippen molar-refractivity contribution in [2.45, 2.75) is 25.8 Å². The molecule has 1 aromatic carbocycles. The average Bonchev–Trinajstić information content (AvgIpc) is 3.10. The van der Waals surface area contributed by atoms with Crippen molar-refractivity contribution >= 4 is 5.91 Å². The van der Waals surface area contributed by atoms with Gasteiger partial charge >= 0.3 is 0 Å². The van der Waals surface area contributed by atoms with E-state index in [1.807, 2.05) is 18.2 Å². The van der Waals surface area contributed by atoms with Gasteiger partial charge in [0.15, 0.2) is 0 Å². The van der Waals surface area contributed by atoms with Crippen LogP contribution in [0.5, 0.6) is 11.5 Å². The second-order valence-electron chi connectivity index (χ2n) is 5.82. The van der Waals surface area contributed by atoms with Crippen LogP contribution in [-0.4, -0.2) is 20.1 Å². The predicted molar refractivity (Wildman–Crippen MR) is 75.7 cm³/mol. The molecule has 2 aliphatic carbocycles. The maximum absolute atomic E-state index is 12.1. The maximum Gasteiger partial charge on any atom is 0.223 e. The molecule has 4 nitrogen and oxygen atoms in total. The molecular formula is C16H21NO3. The summed E-state index contributed by atoms with van der Waals surface area (Å²) < 4.78 is 10.5. The minimum Gasteiger partial charge on any atom is -0.497 e. The molecule has 1 aromatic rings. The fraction of sp³-hybridized carbons (Fsp3) is 0.562. The number of carbonyl (C=O) groups is 1. The molecule has 2 unspecified atom stereocenters. The molecule has 0 saturated heterocycles. The number of amides is 1. The molecule has 3 rings (SSSR count). The van der Waals surface area contributed by atoms with Gasteiger partial charge < -0.3 is 14.8 Å². The van der Waals surface area contributed by atoms with Crippen LogP contribution >= 0.6 is 0 Å². The van der Waals surface area contributed by atoms with Crippen molar-refractivity contribution in [1.29, 1.82) is 0 Å². The summed E-state index contributed by atoms with van der Waals surface area (Å²) in [6, 6.07) is 5.66. The van der Waals surface area contributed by atoms with Crippen LogP contribution in [0.15, 0.2) is 18.2 Å². The lowest BCUT2D eigenvalue weighted by Gasteiger charge is -2.14. The van der Waals surface area contributed by atoms with Crippen LogP contribution in [0, 0.1) is 17.8 Å². The molecule has 2 saturated carbocycles. The van der Waals surface area contributed by atoms with Crippen molar-refractivity contribution in [2.24, 2.45) is 17.8 Å². The summed E-state index contributed by atoms with van der Waals surface area (Å²) in [5, 5.41) is 3.03. The zero-order valence-corrected chi connectivity index (χ0v) is 12.0. The summed E-state index contributed by atoms with van der Waals surface area (Å²) in [4.78, 5) is 12.1. The number of benzene rings is 1. The van der Waals surface area contributed by atoms with Crippen molar-refractivity contribution < 1.29 is 14.3 Å². The Hall–Kier alpha value is -1.71. The first-order valence-electron chi connectivity index (χ1n) is 7.20. The van der Waals surface area contributed by atoms with E-state index in [0.717, 1.165) is 41.7 Å². The fourth-order valence-corrected chi connectivity index (χ4v) is 3.25. The Labute approximate surface area is 119 Å². The molecule has 0 aliphatic heterocycles. The van der Waals surface area contributed by atoms with Crippen LogP contribution in [0.1, 0.15) is 24.8 Å². The zero-order valence-electron chi connectivity index (χ0n) is 12.0. The third-order valence-electron chi connectivity index (χ3n) is 4.56. The Morgan fingerprint density at radius 1 is 1.20 bits per heavy atom. The summed E-state index contributed by atoms with van der Waals surface area (Å²) in [5.41, 5.74) is 0.977. The molecule has 0 aromatic heterocycles. The van der Waals surface area contributed by atoms with Gasteiger partial charge in [-0.2, -0.15) is 0 Å². The first-order chi connectivity index (χ1) is 9.71. The van der Waals surface area contributed by atoms with Crippen molar-refractivity contribution in [3.8, 4) is 11.5 Å². The number of rotatable bonds is 5. The van der Waals surface area contributed by atoms with Crippen molar-refractivity contribution in [1.82, 2.24) is 5.32 Å². The molecule has 0 bridgehead atoms. The number of nitrogens with one attached hydrogen (secondary N) is 1. The number of hydrogen-bond acceptors (Lipinski definition) is 3. The monoisotopic (exact) mass is 275 g/mol. The van der Waals surface area contributed by atoms with Gasteiger partial charge in [-0.3, -0.25) is 4.79 Å². The smallest absolute Gasteiger partial charge is 0.223 e. The van der Waals surface area contributed by atoms with E-state index in [2.05, 4.69) is 5.32 Å². The van der Waals surface area contributed by atoms with Gasteiger partial charge in [-0.1, -0.05) is 0 Å². The highest BCUT2D eigenvalue weighted by Crippen LogP contribution is 2.54. The highest BCUT2D eigenvalue weighted by Gasteiger charge is 2.47. The third kappa shape index (κ3) is 2.60. The van der Waals surface area contributed by atoms with E-state index in [0.29, 0.717) is 6.54 Å². The molecular weight excluding hydrogens is 254 g/mol. The van der Waals surface area contributed by atoms with E-state index in [1.54, 1.807) is 14.2 Å². The first-order valence-corrected chi connectivity index (χ1v) is 7.20. The van der Waals surface area contributed by atoms with E-state index in [9.17, 15) is 4.79 Å². The molecule has 0 heterocycles. The lowest BCUT2D eigenvalue weighted by Crippen LogP contribution is -2.29. The lowest BCUT2D eigenvalue weighted by molar-refractivity contribution is -0.125. The average molecular weight is 275 g/mol. The Morgan fingerprint density at radius 2 is 1.95 bits per heavy atom. The molecule has 20 heavy (non-hydrogen) atoms. The van der Waals surface area contributed by atoms with Crippen LogP contribution in [0.25, 0.3) is 0 Å². The Bertz CT molecular complexity index is 504. The summed E-state index contributed by atoms with van der Waals surface area (Å²) in [6.45, 7) is 0.512. The van der Waals surface area contributed by atoms with E-state index < -0.39 is 0 Å². The van der Waals surface area contributed by atoms with Gasteiger partial charge in [0.05, 0.1) is 14.2 Å². The van der Waals surface area contributed by atoms with Crippen LogP contribution in [0.3, 0.4) is 0 Å². The Morgan fingerprint density at radius 3 is 2.60 bits per heavy atom. The number of hydrogen-bond donors (Lipinski definition) is 1. The largest absolute Gasteiger partial charge is 0.497 e. The number of carbonyl (C=O) groups excluding carboxylic acids is 1. The van der Waals surface area contributed by atoms with Crippen molar-refractivity contribution in [3.05, 3.63) is 23.8 Å². The van der Waals surface area contributed by atoms with Crippen LogP contribution in [0.4, 0.5) is 0 Å². The molecule has 2 atom stereocenters. The Balaban J connectivity index is 1.58. The topological polar surface area (TPSA) is 47.6 Å². The molecule has 1 N–H and O–H groups in total. The van der Waals surface area contributed by atoms with E-state index in [4.69, 9.17) is 9.47 Å². The summed E-state index contributed by atoms with van der Waals surface area (Å²) in [6.07, 6.45) is 3.50. The van der Waals surface area contributed by atoms with Gasteiger partial charge in [-0.25, -0.2) is 0 Å². The normalized spacial score (nSPS) is 26.8. The van der Waals surface area contributed by atoms with Gasteiger partial charge in [0, 0.05) is 24.1 Å². The van der Waals surface area contributed by atoms with Crippen LogP contribution < -0.4 is 14.8 Å². The van der Waals surface area contributed by atoms with Gasteiger partial charge in [0.25, 0.3) is 0 Å². The van der Waals surface area contributed by atoms with Gasteiger partial charge in [0.2, 0.25) is 5.91 Å². The predicted octanol–water partition coefficient (Wildman–Crippen LogP) is 2.37. The molecule has 1 amide bonds. The molecule has 4 heteroatoms. The lowest BCUT2D eigenvalue weighted by atomic mass is 10.0. The van der Waals surface area contributed by atoms with Crippen LogP contribution in [0.2, 0.25) is 0 Å². The van der Waals surface area contributed by atoms with E-state index in [-0.39, 0.29) is 11.8 Å². The molecule has 108 valence electrons. The summed E-state index contributed by atoms with van der Waals surface area (Å²) >= 11 is 0. The second kappa shape index (κ2) is 5.35. The molecule has 2 aliphatic rings. The van der Waals surface area contributed by atoms with Gasteiger partial charge in [0.1, 0.15) is 11.5 Å². The molecule has 0 spiro atoms. The van der Waals surface area contributed by atoms with Crippen molar-refractivity contribution in [2.75, 3.05) is 14.2 Å². The molecule has 2 fully saturated rings. The van der Waals surface area contributed by atoms with Crippen LogP contribution in [-0.2, 0) is 11.3 Å². The van der Waals surface area contributed by atoms with E-state index >= 15 is 0 Å². The second-order valence-corrected chi connectivity index (χ2v) is 5.82. The maximum atomic E-state index is 12.1. The van der Waals surface area contributed by atoms with Gasteiger partial charge in [-0.05, 0) is 43.2 Å². The highest BCUT2D eigenvalue weighted by molar-refractivity contribution is 5.79. The standard InChI is InChI=1S/C16H21NO3/c1-19-14-4-3-10(15(8-14)20-2)9-17-16(18)13-6-11-5-12(11)7-13/h3-4,8,11-13H,5-7,9H2,1-2H3,(H,17,18). The number of fused-ring (bicyclic) bond motifs is 1. The number of ether oxygens (including phenoxy) is 2. The third-order valence-corrected chi connectivity index (χ3v) is 4.56. The summed E-state index contributed by atoms with van der Waals surface area (Å²) in [7, 11) is 3.26. The van der Waals surface area contributed by atoms with Crippen molar-refractivity contribution in [3.63, 3.8) is 0 Å². The minimum atomic E-state index is 0.190. The van der Waals surface area contributed by atoms with Gasteiger partial charge in [-0.15, -0.1) is 0 Å². The molecule has 0 radical (unpaired) electrons. The highest BCUT2D eigenvalue weighted by atomic mass is 16.5. The minimum absolute atomic E-state index is 0.190. The fourth-order valence-electron chi connectivity index (χ4n) is 3.25. The Kier molecular flexibility index (Phi) is 3.55. The first kappa shape index (κ1) is 13.3. The quantitative estimate of drug-likeness (QED) is 0.897.